The van der Waals surface area contributed by atoms with Crippen molar-refractivity contribution in [3.8, 4) is 0 Å². The molecule has 1 rings (SSSR count). The third kappa shape index (κ3) is 4.30. The SMILES string of the molecule is CCCCCCNc1ncccc1CO. The van der Waals surface area contributed by atoms with Gasteiger partial charge in [0.25, 0.3) is 0 Å². The summed E-state index contributed by atoms with van der Waals surface area (Å²) in [7, 11) is 0. The minimum Gasteiger partial charge on any atom is -0.392 e. The highest BCUT2D eigenvalue weighted by molar-refractivity contribution is 5.42. The Morgan fingerprint density at radius 1 is 1.33 bits per heavy atom. The van der Waals surface area contributed by atoms with E-state index in [-0.39, 0.29) is 6.61 Å². The Morgan fingerprint density at radius 2 is 2.20 bits per heavy atom. The maximum absolute atomic E-state index is 9.08. The van der Waals surface area contributed by atoms with E-state index in [9.17, 15) is 0 Å². The van der Waals surface area contributed by atoms with Crippen molar-refractivity contribution < 1.29 is 5.11 Å². The van der Waals surface area contributed by atoms with E-state index in [1.807, 2.05) is 12.1 Å². The predicted molar refractivity (Wildman–Crippen MR) is 62.8 cm³/mol. The Hall–Kier alpha value is -1.09. The van der Waals surface area contributed by atoms with Crippen LogP contribution in [-0.4, -0.2) is 16.6 Å². The highest BCUT2D eigenvalue weighted by Crippen LogP contribution is 2.11. The van der Waals surface area contributed by atoms with Crippen LogP contribution < -0.4 is 5.32 Å². The molecule has 0 aliphatic heterocycles. The fourth-order valence-electron chi connectivity index (χ4n) is 1.48. The summed E-state index contributed by atoms with van der Waals surface area (Å²) in [6.45, 7) is 3.19. The van der Waals surface area contributed by atoms with Gasteiger partial charge in [0, 0.05) is 18.3 Å². The van der Waals surface area contributed by atoms with Crippen molar-refractivity contribution in [2.24, 2.45) is 0 Å². The van der Waals surface area contributed by atoms with Crippen LogP contribution in [0.2, 0.25) is 0 Å². The fourth-order valence-corrected chi connectivity index (χ4v) is 1.48. The molecule has 0 fully saturated rings. The average molecular weight is 208 g/mol. The molecule has 0 atom stereocenters. The van der Waals surface area contributed by atoms with Crippen LogP contribution >= 0.6 is 0 Å². The summed E-state index contributed by atoms with van der Waals surface area (Å²) in [6, 6.07) is 3.73. The molecule has 0 saturated heterocycles. The molecule has 3 heteroatoms. The molecule has 1 aromatic heterocycles. The van der Waals surface area contributed by atoms with E-state index in [1.165, 1.54) is 19.3 Å². The minimum absolute atomic E-state index is 0.0468. The Balaban J connectivity index is 2.30. The number of rotatable bonds is 7. The van der Waals surface area contributed by atoms with Crippen LogP contribution in [0.4, 0.5) is 5.82 Å². The van der Waals surface area contributed by atoms with Gasteiger partial charge in [0.1, 0.15) is 5.82 Å². The summed E-state index contributed by atoms with van der Waals surface area (Å²) >= 11 is 0. The quantitative estimate of drug-likeness (QED) is 0.677. The van der Waals surface area contributed by atoms with Gasteiger partial charge in [0.2, 0.25) is 0 Å². The smallest absolute Gasteiger partial charge is 0.131 e. The molecular formula is C12H20N2O. The molecule has 0 bridgehead atoms. The maximum Gasteiger partial charge on any atom is 0.131 e. The topological polar surface area (TPSA) is 45.2 Å². The number of aliphatic hydroxyl groups excluding tert-OH is 1. The van der Waals surface area contributed by atoms with Crippen LogP contribution in [0.15, 0.2) is 18.3 Å². The van der Waals surface area contributed by atoms with Crippen molar-refractivity contribution in [2.75, 3.05) is 11.9 Å². The summed E-state index contributed by atoms with van der Waals surface area (Å²) in [5, 5.41) is 12.3. The molecule has 0 aromatic carbocycles. The zero-order chi connectivity index (χ0) is 10.9. The zero-order valence-electron chi connectivity index (χ0n) is 9.37. The second kappa shape index (κ2) is 7.23. The molecule has 15 heavy (non-hydrogen) atoms. The monoisotopic (exact) mass is 208 g/mol. The molecule has 0 aliphatic rings. The van der Waals surface area contributed by atoms with Gasteiger partial charge in [-0.25, -0.2) is 4.98 Å². The lowest BCUT2D eigenvalue weighted by atomic mass is 10.2. The van der Waals surface area contributed by atoms with Gasteiger partial charge in [-0.1, -0.05) is 32.3 Å². The van der Waals surface area contributed by atoms with Crippen molar-refractivity contribution in [3.05, 3.63) is 23.9 Å². The highest BCUT2D eigenvalue weighted by Gasteiger charge is 1.99. The standard InChI is InChI=1S/C12H20N2O/c1-2-3-4-5-8-13-12-11(10-15)7-6-9-14-12/h6-7,9,15H,2-5,8,10H2,1H3,(H,13,14). The number of pyridine rings is 1. The van der Waals surface area contributed by atoms with E-state index >= 15 is 0 Å². The first kappa shape index (κ1) is 12.0. The Kier molecular flexibility index (Phi) is 5.78. The third-order valence-electron chi connectivity index (χ3n) is 2.38. The molecular weight excluding hydrogens is 188 g/mol. The summed E-state index contributed by atoms with van der Waals surface area (Å²) in [5.74, 6) is 0.816. The molecule has 1 aromatic rings. The second-order valence-corrected chi connectivity index (χ2v) is 3.66. The van der Waals surface area contributed by atoms with Crippen LogP contribution in [0.25, 0.3) is 0 Å². The molecule has 0 saturated carbocycles. The average Bonchev–Trinajstić information content (AvgIpc) is 2.29. The number of unbranched alkanes of at least 4 members (excludes halogenated alkanes) is 3. The Morgan fingerprint density at radius 3 is 2.93 bits per heavy atom. The van der Waals surface area contributed by atoms with E-state index in [0.29, 0.717) is 0 Å². The lowest BCUT2D eigenvalue weighted by molar-refractivity contribution is 0.282. The number of nitrogens with one attached hydrogen (secondary N) is 1. The summed E-state index contributed by atoms with van der Waals surface area (Å²) < 4.78 is 0. The van der Waals surface area contributed by atoms with Crippen LogP contribution in [0, 0.1) is 0 Å². The summed E-state index contributed by atoms with van der Waals surface area (Å²) in [4.78, 5) is 4.20. The van der Waals surface area contributed by atoms with Gasteiger partial charge in [-0.2, -0.15) is 0 Å². The number of hydrogen-bond acceptors (Lipinski definition) is 3. The lowest BCUT2D eigenvalue weighted by Crippen LogP contribution is -2.06. The van der Waals surface area contributed by atoms with Gasteiger partial charge < -0.3 is 10.4 Å². The van der Waals surface area contributed by atoms with Crippen molar-refractivity contribution >= 4 is 5.82 Å². The van der Waals surface area contributed by atoms with E-state index in [2.05, 4.69) is 17.2 Å². The number of aliphatic hydroxyl groups is 1. The van der Waals surface area contributed by atoms with Gasteiger partial charge in [0.15, 0.2) is 0 Å². The molecule has 1 heterocycles. The second-order valence-electron chi connectivity index (χ2n) is 3.66. The van der Waals surface area contributed by atoms with Crippen LogP contribution in [0.1, 0.15) is 38.2 Å². The van der Waals surface area contributed by atoms with Gasteiger partial charge >= 0.3 is 0 Å². The number of nitrogens with zero attached hydrogens (tertiary/aromatic N) is 1. The summed E-state index contributed by atoms with van der Waals surface area (Å²) in [6.07, 6.45) is 6.70. The molecule has 3 nitrogen and oxygen atoms in total. The number of anilines is 1. The largest absolute Gasteiger partial charge is 0.392 e. The normalized spacial score (nSPS) is 10.3. The maximum atomic E-state index is 9.08. The molecule has 0 spiro atoms. The first-order valence-electron chi connectivity index (χ1n) is 5.67. The minimum atomic E-state index is 0.0468. The Labute approximate surface area is 91.5 Å². The third-order valence-corrected chi connectivity index (χ3v) is 2.38. The molecule has 0 amide bonds. The van der Waals surface area contributed by atoms with Gasteiger partial charge in [0.05, 0.1) is 6.61 Å². The molecule has 84 valence electrons. The lowest BCUT2D eigenvalue weighted by Gasteiger charge is -2.08. The number of hydrogen-bond donors (Lipinski definition) is 2. The van der Waals surface area contributed by atoms with Crippen LogP contribution in [0.3, 0.4) is 0 Å². The van der Waals surface area contributed by atoms with Gasteiger partial charge in [-0.15, -0.1) is 0 Å². The van der Waals surface area contributed by atoms with E-state index in [1.54, 1.807) is 6.20 Å². The Bertz CT molecular complexity index is 276. The number of aromatic nitrogens is 1. The molecule has 0 aliphatic carbocycles. The highest BCUT2D eigenvalue weighted by atomic mass is 16.3. The van der Waals surface area contributed by atoms with Crippen LogP contribution in [-0.2, 0) is 6.61 Å². The van der Waals surface area contributed by atoms with Gasteiger partial charge in [-0.05, 0) is 12.5 Å². The van der Waals surface area contributed by atoms with E-state index in [0.717, 1.165) is 24.3 Å². The predicted octanol–water partition coefficient (Wildman–Crippen LogP) is 2.57. The van der Waals surface area contributed by atoms with E-state index < -0.39 is 0 Å². The van der Waals surface area contributed by atoms with Crippen molar-refractivity contribution in [1.82, 2.24) is 4.98 Å². The molecule has 0 unspecified atom stereocenters. The van der Waals surface area contributed by atoms with Crippen molar-refractivity contribution in [2.45, 2.75) is 39.2 Å². The fraction of sp³-hybridized carbons (Fsp3) is 0.583. The summed E-state index contributed by atoms with van der Waals surface area (Å²) in [5.41, 5.74) is 0.869. The van der Waals surface area contributed by atoms with Crippen molar-refractivity contribution in [1.29, 1.82) is 0 Å². The van der Waals surface area contributed by atoms with Crippen LogP contribution in [0.5, 0.6) is 0 Å². The molecule has 2 N–H and O–H groups in total. The molecule has 0 radical (unpaired) electrons. The van der Waals surface area contributed by atoms with Crippen molar-refractivity contribution in [3.63, 3.8) is 0 Å². The zero-order valence-corrected chi connectivity index (χ0v) is 9.37. The van der Waals surface area contributed by atoms with E-state index in [4.69, 9.17) is 5.11 Å². The first-order valence-corrected chi connectivity index (χ1v) is 5.67. The first-order chi connectivity index (χ1) is 7.38. The van der Waals surface area contributed by atoms with Gasteiger partial charge in [-0.3, -0.25) is 0 Å².